The Labute approximate surface area is 270 Å². The minimum Gasteiger partial charge on any atom is -0.460 e. The number of esters is 1. The van der Waals surface area contributed by atoms with Gasteiger partial charge in [-0.2, -0.15) is 0 Å². The molecule has 3 heteroatoms. The highest BCUT2D eigenvalue weighted by Gasteiger charge is 2.75. The Bertz CT molecular complexity index is 1200. The quantitative estimate of drug-likeness (QED) is 0.317. The van der Waals surface area contributed by atoms with Crippen LogP contribution in [0.15, 0.2) is 0 Å². The predicted octanol–water partition coefficient (Wildman–Crippen LogP) is 10.2. The first-order chi connectivity index (χ1) is 20.2. The van der Waals surface area contributed by atoms with Crippen molar-refractivity contribution in [1.29, 1.82) is 0 Å². The summed E-state index contributed by atoms with van der Waals surface area (Å²) in [5, 5.41) is 13.1. The highest BCUT2D eigenvalue weighted by molar-refractivity contribution is 5.81. The van der Waals surface area contributed by atoms with Crippen LogP contribution in [0, 0.1) is 79.3 Å². The molecule has 250 valence electrons. The van der Waals surface area contributed by atoms with Gasteiger partial charge >= 0.3 is 5.97 Å². The first kappa shape index (κ1) is 32.0. The zero-order valence-corrected chi connectivity index (χ0v) is 30.6. The normalized spacial score (nSPS) is 58.7. The van der Waals surface area contributed by atoms with Crippen LogP contribution in [-0.2, 0) is 9.53 Å². The van der Waals surface area contributed by atoms with Crippen molar-refractivity contribution in [2.24, 2.45) is 79.3 Å². The van der Waals surface area contributed by atoms with Crippen molar-refractivity contribution in [2.75, 3.05) is 0 Å². The fourth-order valence-corrected chi connectivity index (χ4v) is 15.5. The number of fused-ring (bicyclic) bond motifs is 9. The van der Waals surface area contributed by atoms with Crippen molar-refractivity contribution in [1.82, 2.24) is 0 Å². The lowest BCUT2D eigenvalue weighted by Gasteiger charge is -2.75. The molecule has 0 heterocycles. The Hall–Kier alpha value is -0.570. The van der Waals surface area contributed by atoms with Crippen LogP contribution in [0.3, 0.4) is 0 Å². The van der Waals surface area contributed by atoms with E-state index in [0.717, 1.165) is 55.8 Å². The lowest BCUT2D eigenvalue weighted by atomic mass is 9.30. The third-order valence-corrected chi connectivity index (χ3v) is 19.4. The molecule has 44 heavy (non-hydrogen) atoms. The molecule has 14 atom stereocenters. The number of carbonyl (C=O) groups excluding carboxylic acids is 1. The number of carbonyl (C=O) groups is 1. The first-order valence-corrected chi connectivity index (χ1v) is 19.2. The van der Waals surface area contributed by atoms with Crippen LogP contribution in [-0.4, -0.2) is 22.8 Å². The largest absolute Gasteiger partial charge is 0.460 e. The SMILES string of the molecule is C[C@@H]1[C@H]2[C@H]3CC[C@@H]4[C@]5(C)[C@@H](CC[C@@]4(C)[C@]3(C)CC[C@@]2(C)CC[C@H]1C)C(C)(C)CCC5(O)C(=O)O[C@H]1C[C@H]2CC[C@@]1(C)C2(C)C. The summed E-state index contributed by atoms with van der Waals surface area (Å²) in [4.78, 5) is 14.8. The van der Waals surface area contributed by atoms with E-state index in [0.29, 0.717) is 29.6 Å². The molecule has 0 saturated heterocycles. The van der Waals surface area contributed by atoms with E-state index in [4.69, 9.17) is 4.74 Å². The average Bonchev–Trinajstić information content (AvgIpc) is 3.28. The highest BCUT2D eigenvalue weighted by Crippen LogP contribution is 2.78. The molecular formula is C41H68O3. The predicted molar refractivity (Wildman–Crippen MR) is 179 cm³/mol. The molecule has 1 N–H and O–H groups in total. The minimum atomic E-state index is -1.42. The first-order valence-electron chi connectivity index (χ1n) is 19.2. The van der Waals surface area contributed by atoms with Crippen LogP contribution in [0.1, 0.15) is 160 Å². The number of aliphatic hydroxyl groups is 1. The van der Waals surface area contributed by atoms with Gasteiger partial charge in [0.2, 0.25) is 0 Å². The van der Waals surface area contributed by atoms with Gasteiger partial charge in [0.1, 0.15) is 6.10 Å². The molecule has 7 aliphatic carbocycles. The van der Waals surface area contributed by atoms with Gasteiger partial charge in [-0.3, -0.25) is 0 Å². The Balaban J connectivity index is 1.26. The molecule has 0 aromatic carbocycles. The number of hydrogen-bond acceptors (Lipinski definition) is 3. The van der Waals surface area contributed by atoms with Crippen LogP contribution in [0.4, 0.5) is 0 Å². The third-order valence-electron chi connectivity index (χ3n) is 19.4. The molecule has 0 aliphatic heterocycles. The summed E-state index contributed by atoms with van der Waals surface area (Å²) >= 11 is 0. The summed E-state index contributed by atoms with van der Waals surface area (Å²) in [7, 11) is 0. The zero-order valence-electron chi connectivity index (χ0n) is 30.6. The maximum Gasteiger partial charge on any atom is 0.339 e. The fraction of sp³-hybridized carbons (Fsp3) is 0.976. The van der Waals surface area contributed by atoms with Gasteiger partial charge in [0.05, 0.1) is 0 Å². The Morgan fingerprint density at radius 3 is 2.00 bits per heavy atom. The topological polar surface area (TPSA) is 46.5 Å². The van der Waals surface area contributed by atoms with Crippen molar-refractivity contribution in [2.45, 2.75) is 171 Å². The molecule has 7 rings (SSSR count). The van der Waals surface area contributed by atoms with E-state index in [1.807, 2.05) is 0 Å². The summed E-state index contributed by atoms with van der Waals surface area (Å²) < 4.78 is 6.67. The monoisotopic (exact) mass is 609 g/mol. The third kappa shape index (κ3) is 3.59. The Kier molecular flexibility index (Phi) is 6.77. The lowest BCUT2D eigenvalue weighted by Crippen LogP contribution is -2.73. The number of ether oxygens (including phenoxy) is 1. The smallest absolute Gasteiger partial charge is 0.339 e. The number of rotatable bonds is 2. The van der Waals surface area contributed by atoms with E-state index in [1.165, 1.54) is 44.9 Å². The van der Waals surface area contributed by atoms with Crippen LogP contribution in [0.25, 0.3) is 0 Å². The summed E-state index contributed by atoms with van der Waals surface area (Å²) in [6, 6.07) is 0. The van der Waals surface area contributed by atoms with Gasteiger partial charge in [0.15, 0.2) is 5.60 Å². The van der Waals surface area contributed by atoms with Crippen molar-refractivity contribution in [3.05, 3.63) is 0 Å². The van der Waals surface area contributed by atoms with E-state index in [1.54, 1.807) is 0 Å². The molecular weight excluding hydrogens is 540 g/mol. The Morgan fingerprint density at radius 2 is 1.36 bits per heavy atom. The molecule has 1 unspecified atom stereocenters. The maximum atomic E-state index is 14.8. The standard InChI is InChI=1S/C41H68O3/c1-25-14-17-36(7)21-22-37(8)28(32(36)26(25)2)12-13-30-38(37,9)19-16-29-34(3,4)20-23-41(43,40(29,30)11)33(42)44-31-24-27-15-18-39(31,10)35(27,5)6/h25-32,43H,12-24H2,1-11H3/t25-,26+,27-,28-,29+,30+,31+,32+,36-,37-,38-,39-,40+,41?/m1/s1. The second kappa shape index (κ2) is 9.31. The van der Waals surface area contributed by atoms with Gasteiger partial charge in [-0.15, -0.1) is 0 Å². The molecule has 0 amide bonds. The van der Waals surface area contributed by atoms with Gasteiger partial charge < -0.3 is 9.84 Å². The van der Waals surface area contributed by atoms with E-state index in [9.17, 15) is 9.90 Å². The van der Waals surface area contributed by atoms with Crippen LogP contribution >= 0.6 is 0 Å². The average molecular weight is 609 g/mol. The van der Waals surface area contributed by atoms with Gasteiger partial charge in [-0.25, -0.2) is 4.79 Å². The summed E-state index contributed by atoms with van der Waals surface area (Å²) in [6.45, 7) is 27.5. The molecule has 0 aromatic rings. The summed E-state index contributed by atoms with van der Waals surface area (Å²) in [5.74, 6) is 4.13. The number of hydrogen-bond donors (Lipinski definition) is 1. The molecule has 2 bridgehead atoms. The van der Waals surface area contributed by atoms with Gasteiger partial charge in [-0.1, -0.05) is 76.2 Å². The van der Waals surface area contributed by atoms with E-state index in [2.05, 4.69) is 76.2 Å². The second-order valence-electron chi connectivity index (χ2n) is 20.9. The lowest BCUT2D eigenvalue weighted by molar-refractivity contribution is -0.293. The van der Waals surface area contributed by atoms with Crippen LogP contribution < -0.4 is 0 Å². The van der Waals surface area contributed by atoms with Crippen molar-refractivity contribution >= 4 is 5.97 Å². The molecule has 7 aliphatic rings. The zero-order chi connectivity index (χ0) is 32.1. The Morgan fingerprint density at radius 1 is 0.682 bits per heavy atom. The molecule has 0 aromatic heterocycles. The highest BCUT2D eigenvalue weighted by atomic mass is 16.6. The van der Waals surface area contributed by atoms with Crippen LogP contribution in [0.2, 0.25) is 0 Å². The molecule has 0 spiro atoms. The van der Waals surface area contributed by atoms with Gasteiger partial charge in [-0.05, 0) is 152 Å². The van der Waals surface area contributed by atoms with E-state index < -0.39 is 11.0 Å². The van der Waals surface area contributed by atoms with Crippen molar-refractivity contribution in [3.8, 4) is 0 Å². The summed E-state index contributed by atoms with van der Waals surface area (Å²) in [5.41, 5.74) is -0.761. The summed E-state index contributed by atoms with van der Waals surface area (Å²) in [6.07, 6.45) is 14.9. The molecule has 7 saturated carbocycles. The second-order valence-corrected chi connectivity index (χ2v) is 20.9. The van der Waals surface area contributed by atoms with E-state index >= 15 is 0 Å². The molecule has 3 nitrogen and oxygen atoms in total. The van der Waals surface area contributed by atoms with Crippen LogP contribution in [0.5, 0.6) is 0 Å². The van der Waals surface area contributed by atoms with Crippen molar-refractivity contribution < 1.29 is 14.6 Å². The molecule has 0 radical (unpaired) electrons. The maximum absolute atomic E-state index is 14.8. The van der Waals surface area contributed by atoms with Gasteiger partial charge in [0.25, 0.3) is 0 Å². The minimum absolute atomic E-state index is 0.00706. The van der Waals surface area contributed by atoms with E-state index in [-0.39, 0.29) is 39.1 Å². The van der Waals surface area contributed by atoms with Crippen molar-refractivity contribution in [3.63, 3.8) is 0 Å². The fourth-order valence-electron chi connectivity index (χ4n) is 15.5. The van der Waals surface area contributed by atoms with Gasteiger partial charge in [0, 0.05) is 10.8 Å². The molecule has 7 fully saturated rings.